The van der Waals surface area contributed by atoms with Crippen molar-refractivity contribution in [3.63, 3.8) is 0 Å². The summed E-state index contributed by atoms with van der Waals surface area (Å²) in [7, 11) is 1.64. The molecule has 0 saturated carbocycles. The van der Waals surface area contributed by atoms with Crippen LogP contribution < -0.4 is 10.3 Å². The van der Waals surface area contributed by atoms with Crippen LogP contribution in [-0.2, 0) is 18.5 Å². The highest BCUT2D eigenvalue weighted by molar-refractivity contribution is 7.09. The first kappa shape index (κ1) is 25.8. The minimum atomic E-state index is -0.477. The van der Waals surface area contributed by atoms with Crippen LogP contribution in [0.5, 0.6) is 5.75 Å². The van der Waals surface area contributed by atoms with Crippen molar-refractivity contribution >= 4 is 22.2 Å². The molecule has 8 nitrogen and oxygen atoms in total. The molecule has 5 rings (SSSR count). The lowest BCUT2D eigenvalue weighted by molar-refractivity contribution is 0.196. The smallest absolute Gasteiger partial charge is 0.253 e. The highest BCUT2D eigenvalue weighted by Crippen LogP contribution is 2.32. The molecule has 0 fully saturated rings. The number of hydrogen-bond donors (Lipinski definition) is 1. The van der Waals surface area contributed by atoms with E-state index in [1.807, 2.05) is 35.0 Å². The third-order valence-electron chi connectivity index (χ3n) is 6.58. The van der Waals surface area contributed by atoms with Crippen LogP contribution in [0.2, 0.25) is 0 Å². The van der Waals surface area contributed by atoms with Gasteiger partial charge in [0, 0.05) is 34.4 Å². The second-order valence-electron chi connectivity index (χ2n) is 10.3. The molecule has 3 heterocycles. The molecule has 5 aromatic rings. The summed E-state index contributed by atoms with van der Waals surface area (Å²) in [4.78, 5) is 20.3. The number of tetrazole rings is 1. The van der Waals surface area contributed by atoms with Gasteiger partial charge in [0.05, 0.1) is 12.6 Å². The quantitative estimate of drug-likeness (QED) is 0.284. The third-order valence-corrected chi connectivity index (χ3v) is 7.44. The molecule has 9 heteroatoms. The maximum Gasteiger partial charge on any atom is 0.253 e. The van der Waals surface area contributed by atoms with Gasteiger partial charge in [0.25, 0.3) is 5.56 Å². The summed E-state index contributed by atoms with van der Waals surface area (Å²) < 4.78 is 7.29. The average Bonchev–Trinajstić information content (AvgIpc) is 3.60. The molecular weight excluding hydrogens is 496 g/mol. The normalized spacial score (nSPS) is 12.8. The van der Waals surface area contributed by atoms with Crippen molar-refractivity contribution < 1.29 is 4.74 Å². The molecule has 1 N–H and O–H groups in total. The van der Waals surface area contributed by atoms with Gasteiger partial charge >= 0.3 is 0 Å². The first-order valence-electron chi connectivity index (χ1n) is 12.6. The second-order valence-corrected chi connectivity index (χ2v) is 11.3. The van der Waals surface area contributed by atoms with E-state index in [1.165, 1.54) is 10.4 Å². The fourth-order valence-corrected chi connectivity index (χ4v) is 5.42. The number of nitrogens with one attached hydrogen (secondary N) is 1. The molecule has 0 aliphatic rings. The van der Waals surface area contributed by atoms with Gasteiger partial charge < -0.3 is 9.72 Å². The summed E-state index contributed by atoms with van der Waals surface area (Å²) in [6.07, 6.45) is 0.819. The number of methoxy groups -OCH3 is 1. The van der Waals surface area contributed by atoms with Crippen molar-refractivity contribution in [1.29, 1.82) is 0 Å². The van der Waals surface area contributed by atoms with Crippen LogP contribution in [0, 0.1) is 0 Å². The van der Waals surface area contributed by atoms with Gasteiger partial charge in [0.1, 0.15) is 11.8 Å². The Bertz CT molecular complexity index is 1550. The van der Waals surface area contributed by atoms with E-state index in [4.69, 9.17) is 4.74 Å². The van der Waals surface area contributed by atoms with Crippen LogP contribution in [0.25, 0.3) is 10.9 Å². The van der Waals surface area contributed by atoms with E-state index < -0.39 is 6.04 Å². The molecule has 0 aliphatic carbocycles. The molecule has 0 saturated heterocycles. The number of aromatic amines is 1. The van der Waals surface area contributed by atoms with E-state index in [2.05, 4.69) is 88.0 Å². The molecule has 2 aromatic carbocycles. The lowest BCUT2D eigenvalue weighted by Gasteiger charge is -2.32. The Morgan fingerprint density at radius 1 is 1.08 bits per heavy atom. The number of H-pyrrole nitrogens is 1. The SMILES string of the molecule is COc1ccc2[nH]c(=O)c([C@H](c3nnnn3C(C)(C)C)N(CCc3ccccc3)Cc3cccs3)cc2c1. The van der Waals surface area contributed by atoms with Crippen LogP contribution in [0.4, 0.5) is 0 Å². The molecule has 196 valence electrons. The Morgan fingerprint density at radius 2 is 1.89 bits per heavy atom. The van der Waals surface area contributed by atoms with Gasteiger partial charge in [-0.25, -0.2) is 4.68 Å². The Morgan fingerprint density at radius 3 is 2.61 bits per heavy atom. The minimum Gasteiger partial charge on any atom is -0.497 e. The standard InChI is InChI=1S/C29H32N6O2S/c1-29(2,3)35-27(31-32-33-35)26(24-18-21-17-22(37-4)12-13-25(21)30-28(24)36)34(19-23-11-8-16-38-23)15-14-20-9-6-5-7-10-20/h5-13,16-18,26H,14-15,19H2,1-4H3,(H,30,36)/t26-/m1/s1. The zero-order valence-corrected chi connectivity index (χ0v) is 22.9. The van der Waals surface area contributed by atoms with Crippen LogP contribution in [-0.4, -0.2) is 43.7 Å². The van der Waals surface area contributed by atoms with E-state index in [9.17, 15) is 4.79 Å². The van der Waals surface area contributed by atoms with Crippen LogP contribution >= 0.6 is 11.3 Å². The predicted molar refractivity (Wildman–Crippen MR) is 151 cm³/mol. The minimum absolute atomic E-state index is 0.160. The highest BCUT2D eigenvalue weighted by atomic mass is 32.1. The molecule has 1 atom stereocenters. The fraction of sp³-hybridized carbons (Fsp3) is 0.310. The zero-order chi connectivity index (χ0) is 26.7. The number of rotatable bonds is 9. The molecule has 0 radical (unpaired) electrons. The Kier molecular flexibility index (Phi) is 7.40. The summed E-state index contributed by atoms with van der Waals surface area (Å²) in [6.45, 7) is 7.55. The number of pyridine rings is 1. The monoisotopic (exact) mass is 528 g/mol. The van der Waals surface area contributed by atoms with Crippen molar-refractivity contribution in [1.82, 2.24) is 30.1 Å². The molecule has 38 heavy (non-hydrogen) atoms. The molecule has 0 bridgehead atoms. The number of hydrogen-bond acceptors (Lipinski definition) is 7. The number of fused-ring (bicyclic) bond motifs is 1. The molecular formula is C29H32N6O2S. The molecule has 0 unspecified atom stereocenters. The molecule has 0 amide bonds. The van der Waals surface area contributed by atoms with Crippen molar-refractivity contribution in [3.8, 4) is 5.75 Å². The van der Waals surface area contributed by atoms with E-state index in [0.29, 0.717) is 24.5 Å². The topological polar surface area (TPSA) is 88.9 Å². The Hall–Kier alpha value is -3.82. The van der Waals surface area contributed by atoms with Gasteiger partial charge in [0.15, 0.2) is 5.82 Å². The predicted octanol–water partition coefficient (Wildman–Crippen LogP) is 5.17. The number of ether oxygens (including phenoxy) is 1. The van der Waals surface area contributed by atoms with Crippen molar-refractivity contribution in [2.24, 2.45) is 0 Å². The maximum absolute atomic E-state index is 13.7. The largest absolute Gasteiger partial charge is 0.497 e. The number of thiophene rings is 1. The van der Waals surface area contributed by atoms with Crippen molar-refractivity contribution in [2.45, 2.75) is 45.3 Å². The average molecular weight is 529 g/mol. The fourth-order valence-electron chi connectivity index (χ4n) is 4.69. The maximum atomic E-state index is 13.7. The lowest BCUT2D eigenvalue weighted by Crippen LogP contribution is -2.38. The van der Waals surface area contributed by atoms with Gasteiger partial charge in [-0.1, -0.05) is 36.4 Å². The summed E-state index contributed by atoms with van der Waals surface area (Å²) in [6, 6.07) is 21.7. The second kappa shape index (κ2) is 10.9. The van der Waals surface area contributed by atoms with Crippen LogP contribution in [0.15, 0.2) is 76.9 Å². The van der Waals surface area contributed by atoms with Crippen LogP contribution in [0.1, 0.15) is 48.6 Å². The number of benzene rings is 2. The van der Waals surface area contributed by atoms with E-state index >= 15 is 0 Å². The zero-order valence-electron chi connectivity index (χ0n) is 22.1. The summed E-state index contributed by atoms with van der Waals surface area (Å²) >= 11 is 1.70. The van der Waals surface area contributed by atoms with E-state index in [1.54, 1.807) is 18.4 Å². The summed E-state index contributed by atoms with van der Waals surface area (Å²) in [5.74, 6) is 1.36. The summed E-state index contributed by atoms with van der Waals surface area (Å²) in [5, 5.41) is 15.9. The van der Waals surface area contributed by atoms with Gasteiger partial charge in [-0.05, 0) is 78.9 Å². The first-order chi connectivity index (χ1) is 18.3. The van der Waals surface area contributed by atoms with E-state index in [0.717, 1.165) is 23.1 Å². The summed E-state index contributed by atoms with van der Waals surface area (Å²) in [5.41, 5.74) is 2.04. The Balaban J connectivity index is 1.68. The van der Waals surface area contributed by atoms with Crippen molar-refractivity contribution in [2.75, 3.05) is 13.7 Å². The van der Waals surface area contributed by atoms with Gasteiger partial charge in [-0.3, -0.25) is 9.69 Å². The lowest BCUT2D eigenvalue weighted by atomic mass is 10.0. The van der Waals surface area contributed by atoms with Crippen LogP contribution in [0.3, 0.4) is 0 Å². The van der Waals surface area contributed by atoms with E-state index in [-0.39, 0.29) is 11.1 Å². The Labute approximate surface area is 225 Å². The van der Waals surface area contributed by atoms with Gasteiger partial charge in [-0.15, -0.1) is 16.4 Å². The van der Waals surface area contributed by atoms with Crippen molar-refractivity contribution in [3.05, 3.63) is 104 Å². The third kappa shape index (κ3) is 5.54. The van der Waals surface area contributed by atoms with Gasteiger partial charge in [0.2, 0.25) is 0 Å². The number of nitrogens with zero attached hydrogens (tertiary/aromatic N) is 5. The first-order valence-corrected chi connectivity index (χ1v) is 13.5. The highest BCUT2D eigenvalue weighted by Gasteiger charge is 2.33. The molecule has 0 aliphatic heterocycles. The molecule has 0 spiro atoms. The molecule has 3 aromatic heterocycles. The number of aromatic nitrogens is 5. The van der Waals surface area contributed by atoms with Gasteiger partial charge in [-0.2, -0.15) is 0 Å².